The molecule has 1 amide bonds. The summed E-state index contributed by atoms with van der Waals surface area (Å²) in [6, 6.07) is 5.37. The summed E-state index contributed by atoms with van der Waals surface area (Å²) in [5, 5.41) is 6.23. The van der Waals surface area contributed by atoms with Gasteiger partial charge < -0.3 is 20.1 Å². The van der Waals surface area contributed by atoms with Crippen LogP contribution in [-0.2, 0) is 4.79 Å². The zero-order chi connectivity index (χ0) is 14.5. The molecule has 1 fully saturated rings. The molecule has 1 aromatic rings. The largest absolute Gasteiger partial charge is 0.497 e. The number of rotatable bonds is 4. The molecule has 2 rings (SSSR count). The highest BCUT2D eigenvalue weighted by Gasteiger charge is 2.25. The first kappa shape index (κ1) is 14.7. The summed E-state index contributed by atoms with van der Waals surface area (Å²) in [5.74, 6) is 1.86. The number of amides is 1. The van der Waals surface area contributed by atoms with Crippen LogP contribution in [0.4, 0.5) is 5.69 Å². The predicted octanol–water partition coefficient (Wildman–Crippen LogP) is 1.89. The molecule has 1 saturated heterocycles. The number of carbonyl (C=O) groups is 1. The van der Waals surface area contributed by atoms with E-state index in [1.807, 2.05) is 0 Å². The van der Waals surface area contributed by atoms with Gasteiger partial charge in [0.05, 0.1) is 25.8 Å². The zero-order valence-corrected chi connectivity index (χ0v) is 12.2. The lowest BCUT2D eigenvalue weighted by molar-refractivity contribution is -0.120. The molecule has 0 radical (unpaired) electrons. The minimum Gasteiger partial charge on any atom is -0.497 e. The molecule has 0 aliphatic carbocycles. The Morgan fingerprint density at radius 1 is 1.30 bits per heavy atom. The zero-order valence-electron chi connectivity index (χ0n) is 12.2. The van der Waals surface area contributed by atoms with Gasteiger partial charge >= 0.3 is 0 Å². The Labute approximate surface area is 119 Å². The van der Waals surface area contributed by atoms with Crippen LogP contribution in [0.1, 0.15) is 13.3 Å². The maximum Gasteiger partial charge on any atom is 0.228 e. The Hall–Kier alpha value is -1.75. The summed E-state index contributed by atoms with van der Waals surface area (Å²) in [4.78, 5) is 12.3. The molecule has 2 unspecified atom stereocenters. The smallest absolute Gasteiger partial charge is 0.228 e. The van der Waals surface area contributed by atoms with E-state index in [1.54, 1.807) is 32.4 Å². The van der Waals surface area contributed by atoms with Gasteiger partial charge in [0, 0.05) is 12.6 Å². The van der Waals surface area contributed by atoms with Crippen LogP contribution in [0, 0.1) is 11.8 Å². The van der Waals surface area contributed by atoms with E-state index in [9.17, 15) is 4.79 Å². The first-order valence-electron chi connectivity index (χ1n) is 6.87. The van der Waals surface area contributed by atoms with Gasteiger partial charge in [0.2, 0.25) is 5.91 Å². The molecule has 0 spiro atoms. The average molecular weight is 278 g/mol. The van der Waals surface area contributed by atoms with Crippen LogP contribution >= 0.6 is 0 Å². The Kier molecular flexibility index (Phi) is 4.84. The summed E-state index contributed by atoms with van der Waals surface area (Å²) >= 11 is 0. The van der Waals surface area contributed by atoms with Crippen molar-refractivity contribution in [2.45, 2.75) is 13.3 Å². The third-order valence-electron chi connectivity index (χ3n) is 3.61. The standard InChI is InChI=1S/C15H22N2O3/c1-10-6-11(9-16-8-10)15(18)17-13-7-12(19-2)4-5-14(13)20-3/h4-5,7,10-11,16H,6,8-9H2,1-3H3,(H,17,18). The molecule has 2 atom stereocenters. The Morgan fingerprint density at radius 3 is 2.75 bits per heavy atom. The topological polar surface area (TPSA) is 59.6 Å². The van der Waals surface area contributed by atoms with Gasteiger partial charge in [-0.2, -0.15) is 0 Å². The van der Waals surface area contributed by atoms with E-state index >= 15 is 0 Å². The van der Waals surface area contributed by atoms with E-state index in [0.717, 1.165) is 19.5 Å². The maximum atomic E-state index is 12.3. The van der Waals surface area contributed by atoms with Crippen molar-refractivity contribution in [3.8, 4) is 11.5 Å². The van der Waals surface area contributed by atoms with Crippen LogP contribution < -0.4 is 20.1 Å². The molecule has 1 aliphatic rings. The van der Waals surface area contributed by atoms with Gasteiger partial charge in [-0.05, 0) is 31.0 Å². The number of anilines is 1. The SMILES string of the molecule is COc1ccc(OC)c(NC(=O)C2CNCC(C)C2)c1. The summed E-state index contributed by atoms with van der Waals surface area (Å²) in [5.41, 5.74) is 0.648. The number of benzene rings is 1. The number of hydrogen-bond donors (Lipinski definition) is 2. The monoisotopic (exact) mass is 278 g/mol. The number of carbonyl (C=O) groups excluding carboxylic acids is 1. The van der Waals surface area contributed by atoms with E-state index in [0.29, 0.717) is 23.1 Å². The highest BCUT2D eigenvalue weighted by Crippen LogP contribution is 2.29. The maximum absolute atomic E-state index is 12.3. The van der Waals surface area contributed by atoms with Crippen LogP contribution in [0.2, 0.25) is 0 Å². The summed E-state index contributed by atoms with van der Waals surface area (Å²) in [6.45, 7) is 3.85. The van der Waals surface area contributed by atoms with Gasteiger partial charge in [0.1, 0.15) is 11.5 Å². The van der Waals surface area contributed by atoms with Gasteiger partial charge in [-0.3, -0.25) is 4.79 Å². The van der Waals surface area contributed by atoms with Crippen LogP contribution in [0.3, 0.4) is 0 Å². The molecule has 1 aromatic carbocycles. The number of nitrogens with one attached hydrogen (secondary N) is 2. The molecule has 0 saturated carbocycles. The summed E-state index contributed by atoms with van der Waals surface area (Å²) in [6.07, 6.45) is 0.908. The number of ether oxygens (including phenoxy) is 2. The molecule has 2 N–H and O–H groups in total. The molecule has 5 nitrogen and oxygen atoms in total. The van der Waals surface area contributed by atoms with Gasteiger partial charge in [0.15, 0.2) is 0 Å². The highest BCUT2D eigenvalue weighted by atomic mass is 16.5. The normalized spacial score (nSPS) is 22.1. The second-order valence-electron chi connectivity index (χ2n) is 5.25. The molecule has 0 bridgehead atoms. The lowest BCUT2D eigenvalue weighted by atomic mass is 9.91. The fourth-order valence-electron chi connectivity index (χ4n) is 2.50. The minimum absolute atomic E-state index is 0.00495. The molecule has 0 aromatic heterocycles. The average Bonchev–Trinajstić information content (AvgIpc) is 2.47. The first-order chi connectivity index (χ1) is 9.63. The predicted molar refractivity (Wildman–Crippen MR) is 78.3 cm³/mol. The van der Waals surface area contributed by atoms with E-state index < -0.39 is 0 Å². The van der Waals surface area contributed by atoms with Gasteiger partial charge in [-0.25, -0.2) is 0 Å². The second kappa shape index (κ2) is 6.61. The lowest BCUT2D eigenvalue weighted by Crippen LogP contribution is -2.40. The van der Waals surface area contributed by atoms with Crippen molar-refractivity contribution >= 4 is 11.6 Å². The molecule has 20 heavy (non-hydrogen) atoms. The molecular formula is C15H22N2O3. The first-order valence-corrected chi connectivity index (χ1v) is 6.87. The number of methoxy groups -OCH3 is 2. The Bertz CT molecular complexity index is 476. The van der Waals surface area contributed by atoms with Crippen LogP contribution in [-0.4, -0.2) is 33.2 Å². The van der Waals surface area contributed by atoms with Crippen molar-refractivity contribution < 1.29 is 14.3 Å². The Balaban J connectivity index is 2.10. The highest BCUT2D eigenvalue weighted by molar-refractivity contribution is 5.94. The second-order valence-corrected chi connectivity index (χ2v) is 5.25. The molecular weight excluding hydrogens is 256 g/mol. The Morgan fingerprint density at radius 2 is 2.10 bits per heavy atom. The van der Waals surface area contributed by atoms with Crippen LogP contribution in [0.25, 0.3) is 0 Å². The molecule has 1 aliphatic heterocycles. The van der Waals surface area contributed by atoms with Gasteiger partial charge in [-0.15, -0.1) is 0 Å². The molecule has 1 heterocycles. The van der Waals surface area contributed by atoms with E-state index in [2.05, 4.69) is 17.6 Å². The van der Waals surface area contributed by atoms with Gasteiger partial charge in [-0.1, -0.05) is 6.92 Å². The van der Waals surface area contributed by atoms with E-state index in [-0.39, 0.29) is 11.8 Å². The van der Waals surface area contributed by atoms with Crippen molar-refractivity contribution in [2.75, 3.05) is 32.6 Å². The van der Waals surface area contributed by atoms with Crippen LogP contribution in [0.5, 0.6) is 11.5 Å². The fourth-order valence-corrected chi connectivity index (χ4v) is 2.50. The van der Waals surface area contributed by atoms with Crippen molar-refractivity contribution in [1.82, 2.24) is 5.32 Å². The molecule has 5 heteroatoms. The summed E-state index contributed by atoms with van der Waals surface area (Å²) < 4.78 is 10.4. The van der Waals surface area contributed by atoms with E-state index in [1.165, 1.54) is 0 Å². The minimum atomic E-state index is -0.00495. The van der Waals surface area contributed by atoms with Crippen LogP contribution in [0.15, 0.2) is 18.2 Å². The number of piperidine rings is 1. The molecule has 110 valence electrons. The lowest BCUT2D eigenvalue weighted by Gasteiger charge is -2.27. The third kappa shape index (κ3) is 3.42. The van der Waals surface area contributed by atoms with Crippen molar-refractivity contribution in [2.24, 2.45) is 11.8 Å². The van der Waals surface area contributed by atoms with Crippen molar-refractivity contribution in [1.29, 1.82) is 0 Å². The summed E-state index contributed by atoms with van der Waals surface area (Å²) in [7, 11) is 3.18. The third-order valence-corrected chi connectivity index (χ3v) is 3.61. The van der Waals surface area contributed by atoms with E-state index in [4.69, 9.17) is 9.47 Å². The number of hydrogen-bond acceptors (Lipinski definition) is 4. The quantitative estimate of drug-likeness (QED) is 0.883. The van der Waals surface area contributed by atoms with Crippen molar-refractivity contribution in [3.63, 3.8) is 0 Å². The van der Waals surface area contributed by atoms with Crippen molar-refractivity contribution in [3.05, 3.63) is 18.2 Å². The van der Waals surface area contributed by atoms with Gasteiger partial charge in [0.25, 0.3) is 0 Å². The fraction of sp³-hybridized carbons (Fsp3) is 0.533.